The van der Waals surface area contributed by atoms with Gasteiger partial charge in [0.15, 0.2) is 0 Å². The van der Waals surface area contributed by atoms with E-state index in [9.17, 15) is 0 Å². The van der Waals surface area contributed by atoms with Crippen molar-refractivity contribution in [3.8, 4) is 0 Å². The smallest absolute Gasteiger partial charge is 0.203 e. The Morgan fingerprint density at radius 2 is 2.22 bits per heavy atom. The molecular formula is C14H27N3O. The standard InChI is InChI=1S/C14H27N3O/c1-5-12(3)10-15-14-16-13(4)11-17(14)8-7-9-18-6-2/h11-12H,5-10H2,1-4H3,(H,15,16). The number of hydrogen-bond acceptors (Lipinski definition) is 3. The molecule has 0 spiro atoms. The Morgan fingerprint density at radius 1 is 1.44 bits per heavy atom. The summed E-state index contributed by atoms with van der Waals surface area (Å²) in [5.41, 5.74) is 1.07. The molecule has 0 saturated heterocycles. The lowest BCUT2D eigenvalue weighted by Crippen LogP contribution is -2.14. The third-order valence-corrected chi connectivity index (χ3v) is 3.09. The zero-order valence-corrected chi connectivity index (χ0v) is 12.2. The monoisotopic (exact) mass is 253 g/mol. The number of aryl methyl sites for hydroxylation is 2. The van der Waals surface area contributed by atoms with E-state index in [1.165, 1.54) is 6.42 Å². The van der Waals surface area contributed by atoms with Crippen molar-refractivity contribution in [3.63, 3.8) is 0 Å². The number of nitrogens with zero attached hydrogens (tertiary/aromatic N) is 2. The second-order valence-electron chi connectivity index (χ2n) is 4.84. The van der Waals surface area contributed by atoms with E-state index in [2.05, 4.69) is 34.9 Å². The summed E-state index contributed by atoms with van der Waals surface area (Å²) >= 11 is 0. The third-order valence-electron chi connectivity index (χ3n) is 3.09. The summed E-state index contributed by atoms with van der Waals surface area (Å²) in [6, 6.07) is 0. The molecule has 4 nitrogen and oxygen atoms in total. The molecule has 0 amide bonds. The quantitative estimate of drug-likeness (QED) is 0.687. The predicted octanol–water partition coefficient (Wildman–Crippen LogP) is 3.08. The number of anilines is 1. The van der Waals surface area contributed by atoms with Gasteiger partial charge in [-0.2, -0.15) is 0 Å². The van der Waals surface area contributed by atoms with Gasteiger partial charge in [0.1, 0.15) is 0 Å². The van der Waals surface area contributed by atoms with Crippen molar-refractivity contribution in [1.29, 1.82) is 0 Å². The van der Waals surface area contributed by atoms with E-state index in [-0.39, 0.29) is 0 Å². The van der Waals surface area contributed by atoms with Crippen molar-refractivity contribution in [1.82, 2.24) is 9.55 Å². The molecule has 0 bridgehead atoms. The first-order valence-electron chi connectivity index (χ1n) is 7.02. The van der Waals surface area contributed by atoms with Crippen LogP contribution in [0.5, 0.6) is 0 Å². The van der Waals surface area contributed by atoms with Gasteiger partial charge in [0.05, 0.1) is 5.69 Å². The van der Waals surface area contributed by atoms with Crippen LogP contribution in [0.4, 0.5) is 5.95 Å². The number of hydrogen-bond donors (Lipinski definition) is 1. The molecule has 104 valence electrons. The Morgan fingerprint density at radius 3 is 2.89 bits per heavy atom. The van der Waals surface area contributed by atoms with Crippen molar-refractivity contribution in [2.24, 2.45) is 5.92 Å². The van der Waals surface area contributed by atoms with Gasteiger partial charge in [0.2, 0.25) is 5.95 Å². The fourth-order valence-corrected chi connectivity index (χ4v) is 1.75. The van der Waals surface area contributed by atoms with Crippen molar-refractivity contribution in [2.75, 3.05) is 25.1 Å². The highest BCUT2D eigenvalue weighted by molar-refractivity contribution is 5.28. The predicted molar refractivity (Wildman–Crippen MR) is 76.0 cm³/mol. The van der Waals surface area contributed by atoms with E-state index in [4.69, 9.17) is 4.74 Å². The maximum atomic E-state index is 5.36. The lowest BCUT2D eigenvalue weighted by molar-refractivity contribution is 0.142. The fourth-order valence-electron chi connectivity index (χ4n) is 1.75. The highest BCUT2D eigenvalue weighted by atomic mass is 16.5. The number of imidazole rings is 1. The van der Waals surface area contributed by atoms with E-state index in [0.717, 1.165) is 44.4 Å². The molecule has 0 aliphatic carbocycles. The highest BCUT2D eigenvalue weighted by Crippen LogP contribution is 2.11. The number of rotatable bonds is 9. The molecule has 4 heteroatoms. The van der Waals surface area contributed by atoms with Gasteiger partial charge >= 0.3 is 0 Å². The molecule has 0 aliphatic heterocycles. The second-order valence-corrected chi connectivity index (χ2v) is 4.84. The molecule has 1 aromatic heterocycles. The van der Waals surface area contributed by atoms with Crippen LogP contribution in [0.2, 0.25) is 0 Å². The van der Waals surface area contributed by atoms with E-state index >= 15 is 0 Å². The molecule has 1 N–H and O–H groups in total. The van der Waals surface area contributed by atoms with Crippen molar-refractivity contribution in [3.05, 3.63) is 11.9 Å². The largest absolute Gasteiger partial charge is 0.382 e. The van der Waals surface area contributed by atoms with Gasteiger partial charge in [-0.1, -0.05) is 20.3 Å². The Hall–Kier alpha value is -1.03. The van der Waals surface area contributed by atoms with Crippen LogP contribution in [0.1, 0.15) is 39.3 Å². The minimum atomic E-state index is 0.680. The van der Waals surface area contributed by atoms with Crippen LogP contribution < -0.4 is 5.32 Å². The van der Waals surface area contributed by atoms with Crippen LogP contribution in [0.15, 0.2) is 6.20 Å². The van der Waals surface area contributed by atoms with E-state index in [1.54, 1.807) is 0 Å². The summed E-state index contributed by atoms with van der Waals surface area (Å²) in [6.07, 6.45) is 4.32. The lowest BCUT2D eigenvalue weighted by Gasteiger charge is -2.12. The molecule has 0 aliphatic rings. The summed E-state index contributed by atoms with van der Waals surface area (Å²) in [7, 11) is 0. The second kappa shape index (κ2) is 8.14. The summed E-state index contributed by atoms with van der Waals surface area (Å²) < 4.78 is 7.55. The molecule has 1 atom stereocenters. The van der Waals surface area contributed by atoms with E-state index in [1.807, 2.05) is 13.8 Å². The Labute approximate surface area is 111 Å². The average molecular weight is 253 g/mol. The molecule has 0 fully saturated rings. The number of nitrogens with one attached hydrogen (secondary N) is 1. The molecule has 1 aromatic rings. The van der Waals surface area contributed by atoms with Crippen LogP contribution >= 0.6 is 0 Å². The topological polar surface area (TPSA) is 39.1 Å². The molecule has 18 heavy (non-hydrogen) atoms. The van der Waals surface area contributed by atoms with Gasteiger partial charge in [0, 0.05) is 32.5 Å². The SMILES string of the molecule is CCOCCCn1cc(C)nc1NCC(C)CC. The first-order chi connectivity index (χ1) is 8.67. The summed E-state index contributed by atoms with van der Waals surface area (Å²) in [5.74, 6) is 1.67. The van der Waals surface area contributed by atoms with Gasteiger partial charge in [-0.25, -0.2) is 4.98 Å². The van der Waals surface area contributed by atoms with Gasteiger partial charge in [-0.15, -0.1) is 0 Å². The highest BCUT2D eigenvalue weighted by Gasteiger charge is 2.06. The summed E-state index contributed by atoms with van der Waals surface area (Å²) in [5, 5.41) is 3.44. The normalized spacial score (nSPS) is 12.7. The maximum Gasteiger partial charge on any atom is 0.203 e. The lowest BCUT2D eigenvalue weighted by atomic mass is 10.1. The average Bonchev–Trinajstić information content (AvgIpc) is 2.72. The molecule has 1 rings (SSSR count). The summed E-state index contributed by atoms with van der Waals surface area (Å²) in [4.78, 5) is 4.53. The van der Waals surface area contributed by atoms with Crippen LogP contribution in [0, 0.1) is 12.8 Å². The van der Waals surface area contributed by atoms with Crippen LogP contribution in [-0.2, 0) is 11.3 Å². The molecule has 1 heterocycles. The van der Waals surface area contributed by atoms with Crippen LogP contribution in [0.25, 0.3) is 0 Å². The molecule has 0 aromatic carbocycles. The zero-order chi connectivity index (χ0) is 13.4. The first-order valence-corrected chi connectivity index (χ1v) is 7.02. The van der Waals surface area contributed by atoms with Gasteiger partial charge in [-0.05, 0) is 26.2 Å². The molecular weight excluding hydrogens is 226 g/mol. The van der Waals surface area contributed by atoms with Crippen molar-refractivity contribution < 1.29 is 4.74 Å². The molecule has 1 unspecified atom stereocenters. The first kappa shape index (κ1) is 15.0. The maximum absolute atomic E-state index is 5.36. The Kier molecular flexibility index (Phi) is 6.80. The van der Waals surface area contributed by atoms with Crippen LogP contribution in [0.3, 0.4) is 0 Å². The Bertz CT molecular complexity index is 336. The fraction of sp³-hybridized carbons (Fsp3) is 0.786. The molecule has 0 saturated carbocycles. The van der Waals surface area contributed by atoms with Gasteiger partial charge < -0.3 is 14.6 Å². The van der Waals surface area contributed by atoms with Crippen molar-refractivity contribution >= 4 is 5.95 Å². The Balaban J connectivity index is 2.45. The van der Waals surface area contributed by atoms with Gasteiger partial charge in [-0.3, -0.25) is 0 Å². The third kappa shape index (κ3) is 5.08. The van der Waals surface area contributed by atoms with Gasteiger partial charge in [0.25, 0.3) is 0 Å². The number of aromatic nitrogens is 2. The van der Waals surface area contributed by atoms with E-state index in [0.29, 0.717) is 5.92 Å². The summed E-state index contributed by atoms with van der Waals surface area (Å²) in [6.45, 7) is 12.1. The molecule has 0 radical (unpaired) electrons. The van der Waals surface area contributed by atoms with Crippen LogP contribution in [-0.4, -0.2) is 29.3 Å². The minimum absolute atomic E-state index is 0.680. The van der Waals surface area contributed by atoms with Crippen molar-refractivity contribution in [2.45, 2.75) is 47.1 Å². The van der Waals surface area contributed by atoms with E-state index < -0.39 is 0 Å². The minimum Gasteiger partial charge on any atom is -0.382 e. The number of ether oxygens (including phenoxy) is 1. The zero-order valence-electron chi connectivity index (χ0n) is 12.2.